The summed E-state index contributed by atoms with van der Waals surface area (Å²) in [6.07, 6.45) is 0.311. The predicted octanol–water partition coefficient (Wildman–Crippen LogP) is 4.66. The second-order valence-corrected chi connectivity index (χ2v) is 11.0. The minimum Gasteiger partial charge on any atom is -0.403 e. The molecule has 1 aliphatic rings. The van der Waals surface area contributed by atoms with Crippen molar-refractivity contribution in [2.24, 2.45) is 0 Å². The van der Waals surface area contributed by atoms with Crippen molar-refractivity contribution in [1.29, 1.82) is 0 Å². The van der Waals surface area contributed by atoms with Gasteiger partial charge < -0.3 is 9.31 Å². The molecule has 0 aliphatic carbocycles. The van der Waals surface area contributed by atoms with Gasteiger partial charge in [0.25, 0.3) is 0 Å². The molecule has 1 aromatic carbocycles. The van der Waals surface area contributed by atoms with E-state index in [-0.39, 0.29) is 5.02 Å². The molecule has 0 saturated carbocycles. The van der Waals surface area contributed by atoms with Crippen molar-refractivity contribution in [3.8, 4) is 0 Å². The Morgan fingerprint density at radius 3 is 2.27 bits per heavy atom. The Labute approximate surface area is 163 Å². The van der Waals surface area contributed by atoms with Crippen molar-refractivity contribution in [3.63, 3.8) is 0 Å². The number of rotatable bonds is 5. The van der Waals surface area contributed by atoms with E-state index in [0.717, 1.165) is 0 Å². The van der Waals surface area contributed by atoms with Gasteiger partial charge in [-0.05, 0) is 54.5 Å². The first-order chi connectivity index (χ1) is 11.7. The monoisotopic (exact) mass is 403 g/mol. The quantitative estimate of drug-likeness (QED) is 0.727. The van der Waals surface area contributed by atoms with E-state index in [0.29, 0.717) is 11.9 Å². The zero-order valence-corrected chi connectivity index (χ0v) is 18.1. The molecule has 0 aromatic heterocycles. The highest BCUT2D eigenvalue weighted by molar-refractivity contribution is 7.84. The van der Waals surface area contributed by atoms with Gasteiger partial charge in [0.1, 0.15) is 5.82 Å². The van der Waals surface area contributed by atoms with Crippen LogP contribution in [0.4, 0.5) is 4.39 Å². The molecule has 1 saturated heterocycles. The zero-order chi connectivity index (χ0) is 19.9. The Morgan fingerprint density at radius 1 is 1.23 bits per heavy atom. The van der Waals surface area contributed by atoms with E-state index in [9.17, 15) is 8.60 Å². The minimum absolute atomic E-state index is 0.0322. The first-order valence-electron chi connectivity index (χ1n) is 8.72. The highest BCUT2D eigenvalue weighted by Gasteiger charge is 2.51. The normalized spacial score (nSPS) is 21.7. The Balaban J connectivity index is 2.30. The van der Waals surface area contributed by atoms with Gasteiger partial charge >= 0.3 is 7.12 Å². The zero-order valence-electron chi connectivity index (χ0n) is 16.5. The van der Waals surface area contributed by atoms with Crippen molar-refractivity contribution < 1.29 is 17.9 Å². The fourth-order valence-corrected chi connectivity index (χ4v) is 3.60. The van der Waals surface area contributed by atoms with Crippen molar-refractivity contribution in [3.05, 3.63) is 34.6 Å². The van der Waals surface area contributed by atoms with Gasteiger partial charge in [-0.2, -0.15) is 0 Å². The van der Waals surface area contributed by atoms with E-state index in [1.807, 2.05) is 48.5 Å². The van der Waals surface area contributed by atoms with Crippen LogP contribution in [0.5, 0.6) is 0 Å². The Hall–Kier alpha value is -0.465. The molecule has 1 N–H and O–H groups in total. The molecule has 1 heterocycles. The number of halogens is 2. The molecule has 2 atom stereocenters. The maximum Gasteiger partial charge on any atom is 0.459 e. The summed E-state index contributed by atoms with van der Waals surface area (Å²) < 4.78 is 41.9. The summed E-state index contributed by atoms with van der Waals surface area (Å²) in [6, 6.07) is 4.25. The van der Waals surface area contributed by atoms with Crippen LogP contribution in [0, 0.1) is 5.82 Å². The predicted molar refractivity (Wildman–Crippen MR) is 106 cm³/mol. The van der Waals surface area contributed by atoms with Gasteiger partial charge in [-0.3, -0.25) is 0 Å². The Bertz CT molecular complexity index is 678. The molecule has 146 valence electrons. The third kappa shape index (κ3) is 4.68. The molecule has 1 fully saturated rings. The van der Waals surface area contributed by atoms with E-state index in [4.69, 9.17) is 20.9 Å². The third-order valence-corrected chi connectivity index (χ3v) is 6.80. The number of nitrogens with one attached hydrogen (secondary N) is 1. The first kappa shape index (κ1) is 21.8. The smallest absolute Gasteiger partial charge is 0.403 e. The van der Waals surface area contributed by atoms with E-state index in [2.05, 4.69) is 4.72 Å². The Kier molecular flexibility index (Phi) is 6.31. The molecule has 26 heavy (non-hydrogen) atoms. The van der Waals surface area contributed by atoms with Crippen LogP contribution >= 0.6 is 11.6 Å². The maximum atomic E-state index is 14.6. The van der Waals surface area contributed by atoms with Crippen LogP contribution in [0.15, 0.2) is 18.2 Å². The highest BCUT2D eigenvalue weighted by atomic mass is 35.5. The molecular weight excluding hydrogens is 376 g/mol. The van der Waals surface area contributed by atoms with Gasteiger partial charge in [0.2, 0.25) is 0 Å². The first-order valence-corrected chi connectivity index (χ1v) is 10.2. The lowest BCUT2D eigenvalue weighted by molar-refractivity contribution is 0.00578. The lowest BCUT2D eigenvalue weighted by Gasteiger charge is -2.32. The van der Waals surface area contributed by atoms with Crippen molar-refractivity contribution in [1.82, 2.24) is 4.72 Å². The summed E-state index contributed by atoms with van der Waals surface area (Å²) in [5.74, 6) is -0.519. The highest BCUT2D eigenvalue weighted by Crippen LogP contribution is 2.40. The number of hydrogen-bond acceptors (Lipinski definition) is 3. The fourth-order valence-electron chi connectivity index (χ4n) is 2.59. The molecule has 1 aromatic rings. The van der Waals surface area contributed by atoms with Crippen molar-refractivity contribution >= 4 is 29.7 Å². The summed E-state index contributed by atoms with van der Waals surface area (Å²) in [6.45, 7) is 13.4. The van der Waals surface area contributed by atoms with Gasteiger partial charge in [-0.25, -0.2) is 13.3 Å². The van der Waals surface area contributed by atoms with Crippen LogP contribution in [-0.2, 0) is 20.3 Å². The summed E-state index contributed by atoms with van der Waals surface area (Å²) in [5, 5.41) is 0.0322. The van der Waals surface area contributed by atoms with E-state index in [1.54, 1.807) is 12.1 Å². The van der Waals surface area contributed by atoms with Gasteiger partial charge in [0.15, 0.2) is 0 Å². The van der Waals surface area contributed by atoms with Crippen molar-refractivity contribution in [2.75, 3.05) is 0 Å². The van der Waals surface area contributed by atoms with Gasteiger partial charge in [-0.1, -0.05) is 23.7 Å². The molecule has 2 rings (SSSR count). The molecular formula is C18H28BClFNO3S. The maximum absolute atomic E-state index is 14.6. The fraction of sp³-hybridized carbons (Fsp3) is 0.667. The third-order valence-electron chi connectivity index (χ3n) is 4.89. The largest absolute Gasteiger partial charge is 0.459 e. The van der Waals surface area contributed by atoms with E-state index in [1.165, 1.54) is 6.07 Å². The molecule has 2 unspecified atom stereocenters. The van der Waals surface area contributed by atoms with Crippen LogP contribution in [0.3, 0.4) is 0 Å². The minimum atomic E-state index is -1.39. The summed E-state index contributed by atoms with van der Waals surface area (Å²) >= 11 is 5.95. The molecule has 0 spiro atoms. The van der Waals surface area contributed by atoms with Crippen LogP contribution < -0.4 is 4.72 Å². The second kappa shape index (κ2) is 7.51. The van der Waals surface area contributed by atoms with Gasteiger partial charge in [0, 0.05) is 17.9 Å². The average molecular weight is 404 g/mol. The standard InChI is InChI=1S/C18H28BClFNO3S/c1-16(2,3)26(23)22-14(12-9-8-10-13(20)15(12)21)11-19-24-17(4,5)18(6,7)25-19/h8-10,14,22H,11H2,1-7H3. The summed E-state index contributed by atoms with van der Waals surface area (Å²) in [4.78, 5) is 0. The Morgan fingerprint density at radius 2 is 1.77 bits per heavy atom. The topological polar surface area (TPSA) is 47.6 Å². The lowest BCUT2D eigenvalue weighted by atomic mass is 9.78. The van der Waals surface area contributed by atoms with Crippen LogP contribution in [-0.4, -0.2) is 27.3 Å². The average Bonchev–Trinajstić information content (AvgIpc) is 2.67. The molecule has 0 radical (unpaired) electrons. The molecule has 0 bridgehead atoms. The van der Waals surface area contributed by atoms with Gasteiger partial charge in [-0.15, -0.1) is 0 Å². The molecule has 4 nitrogen and oxygen atoms in total. The van der Waals surface area contributed by atoms with Crippen LogP contribution in [0.25, 0.3) is 0 Å². The van der Waals surface area contributed by atoms with E-state index < -0.39 is 45.9 Å². The molecule has 1 aliphatic heterocycles. The summed E-state index contributed by atoms with van der Waals surface area (Å²) in [7, 11) is -1.94. The summed E-state index contributed by atoms with van der Waals surface area (Å²) in [5.41, 5.74) is -0.624. The lowest BCUT2D eigenvalue weighted by Crippen LogP contribution is -2.41. The van der Waals surface area contributed by atoms with Crippen LogP contribution in [0.1, 0.15) is 60.1 Å². The second-order valence-electron chi connectivity index (χ2n) is 8.62. The van der Waals surface area contributed by atoms with Crippen LogP contribution in [0.2, 0.25) is 11.3 Å². The number of hydrogen-bond donors (Lipinski definition) is 1. The molecule has 8 heteroatoms. The SMILES string of the molecule is CC(C)(C)S(=O)NC(CB1OC(C)(C)C(C)(C)O1)c1cccc(Cl)c1F. The van der Waals surface area contributed by atoms with Gasteiger partial charge in [0.05, 0.1) is 32.0 Å². The van der Waals surface area contributed by atoms with Crippen molar-refractivity contribution in [2.45, 2.75) is 76.8 Å². The van der Waals surface area contributed by atoms with E-state index >= 15 is 0 Å². The molecule has 0 amide bonds. The number of benzene rings is 1.